The van der Waals surface area contributed by atoms with Crippen molar-refractivity contribution in [3.8, 4) is 11.5 Å². The van der Waals surface area contributed by atoms with Gasteiger partial charge in [0.05, 0.1) is 18.8 Å². The van der Waals surface area contributed by atoms with Crippen molar-refractivity contribution in [2.45, 2.75) is 73.1 Å². The van der Waals surface area contributed by atoms with E-state index >= 15 is 0 Å². The smallest absolute Gasteiger partial charge is 0.168 e. The molecule has 1 fully saturated rings. The van der Waals surface area contributed by atoms with Crippen molar-refractivity contribution in [3.63, 3.8) is 0 Å². The Hall–Kier alpha value is -2.30. The first-order chi connectivity index (χ1) is 14.3. The third-order valence-corrected chi connectivity index (χ3v) is 5.22. The van der Waals surface area contributed by atoms with Gasteiger partial charge in [0.2, 0.25) is 0 Å². The van der Waals surface area contributed by atoms with E-state index in [9.17, 15) is 9.90 Å². The predicted molar refractivity (Wildman–Crippen MR) is 122 cm³/mol. The van der Waals surface area contributed by atoms with Gasteiger partial charge in [-0.05, 0) is 56.2 Å². The van der Waals surface area contributed by atoms with Crippen molar-refractivity contribution >= 4 is 11.5 Å². The van der Waals surface area contributed by atoms with Crippen LogP contribution in [-0.4, -0.2) is 36.4 Å². The monoisotopic (exact) mass is 415 g/mol. The normalized spacial score (nSPS) is 19.1. The topological polar surface area (TPSA) is 68.1 Å². The second kappa shape index (κ2) is 11.2. The number of ether oxygens (including phenoxy) is 2. The molecule has 166 valence electrons. The van der Waals surface area contributed by atoms with Gasteiger partial charge in [0.15, 0.2) is 17.3 Å². The zero-order valence-electron chi connectivity index (χ0n) is 19.2. The van der Waals surface area contributed by atoms with E-state index in [1.165, 1.54) is 0 Å². The molecule has 1 aromatic carbocycles. The molecule has 1 aromatic rings. The first kappa shape index (κ1) is 24.0. The van der Waals surface area contributed by atoms with E-state index in [-0.39, 0.29) is 17.0 Å². The summed E-state index contributed by atoms with van der Waals surface area (Å²) >= 11 is 0. The summed E-state index contributed by atoms with van der Waals surface area (Å²) in [4.78, 5) is 17.5. The lowest BCUT2D eigenvalue weighted by Gasteiger charge is -2.31. The number of nitrogens with zero attached hydrogens (tertiary/aromatic N) is 1. The maximum atomic E-state index is 12.7. The molecule has 2 rings (SSSR count). The second-order valence-corrected chi connectivity index (χ2v) is 8.59. The molecule has 30 heavy (non-hydrogen) atoms. The van der Waals surface area contributed by atoms with Crippen molar-refractivity contribution in [2.75, 3.05) is 19.8 Å². The lowest BCUT2D eigenvalue weighted by Crippen LogP contribution is -2.33. The van der Waals surface area contributed by atoms with Crippen molar-refractivity contribution < 1.29 is 19.4 Å². The molecule has 5 nitrogen and oxygen atoms in total. The van der Waals surface area contributed by atoms with Crippen molar-refractivity contribution in [1.29, 1.82) is 0 Å². The van der Waals surface area contributed by atoms with Gasteiger partial charge in [-0.25, -0.2) is 0 Å². The number of benzene rings is 1. The quantitative estimate of drug-likeness (QED) is 0.384. The van der Waals surface area contributed by atoms with E-state index in [4.69, 9.17) is 14.5 Å². The number of aliphatic hydroxyl groups is 1. The van der Waals surface area contributed by atoms with E-state index in [1.54, 1.807) is 0 Å². The van der Waals surface area contributed by atoms with Gasteiger partial charge in [0.1, 0.15) is 5.76 Å². The summed E-state index contributed by atoms with van der Waals surface area (Å²) < 4.78 is 11.3. The van der Waals surface area contributed by atoms with Crippen molar-refractivity contribution in [3.05, 3.63) is 35.1 Å². The minimum Gasteiger partial charge on any atom is -0.511 e. The highest BCUT2D eigenvalue weighted by atomic mass is 16.5. The van der Waals surface area contributed by atoms with Crippen LogP contribution in [0.2, 0.25) is 0 Å². The van der Waals surface area contributed by atoms with Crippen molar-refractivity contribution in [1.82, 2.24) is 0 Å². The van der Waals surface area contributed by atoms with Gasteiger partial charge in [0, 0.05) is 25.1 Å². The van der Waals surface area contributed by atoms with Crippen LogP contribution in [0.1, 0.15) is 72.3 Å². The molecule has 1 N–H and O–H groups in total. The number of carbonyl (C=O) groups is 1. The number of ketones is 1. The Morgan fingerprint density at radius 2 is 1.80 bits per heavy atom. The maximum Gasteiger partial charge on any atom is 0.168 e. The van der Waals surface area contributed by atoms with Gasteiger partial charge < -0.3 is 14.6 Å². The largest absolute Gasteiger partial charge is 0.511 e. The maximum absolute atomic E-state index is 12.7. The molecule has 1 aliphatic rings. The summed E-state index contributed by atoms with van der Waals surface area (Å²) in [5.41, 5.74) is 2.19. The molecular weight excluding hydrogens is 378 g/mol. The minimum absolute atomic E-state index is 0.0123. The van der Waals surface area contributed by atoms with Gasteiger partial charge in [-0.1, -0.05) is 33.3 Å². The number of carbonyl (C=O) groups excluding carboxylic acids is 1. The fourth-order valence-electron chi connectivity index (χ4n) is 3.79. The molecule has 1 aliphatic carbocycles. The summed E-state index contributed by atoms with van der Waals surface area (Å²) in [7, 11) is 0. The van der Waals surface area contributed by atoms with Gasteiger partial charge >= 0.3 is 0 Å². The molecule has 0 amide bonds. The van der Waals surface area contributed by atoms with Crippen LogP contribution in [0.3, 0.4) is 0 Å². The molecule has 0 heterocycles. The number of rotatable bonds is 10. The van der Waals surface area contributed by atoms with E-state index < -0.39 is 0 Å². The fourth-order valence-corrected chi connectivity index (χ4v) is 3.79. The zero-order valence-corrected chi connectivity index (χ0v) is 19.2. The Balaban J connectivity index is 2.20. The summed E-state index contributed by atoms with van der Waals surface area (Å²) in [5.74, 6) is 1.71. The number of hydrogen-bond donors (Lipinski definition) is 1. The van der Waals surface area contributed by atoms with Crippen LogP contribution < -0.4 is 9.47 Å². The van der Waals surface area contributed by atoms with Crippen LogP contribution in [-0.2, 0) is 11.2 Å². The van der Waals surface area contributed by atoms with E-state index in [0.29, 0.717) is 44.6 Å². The van der Waals surface area contributed by atoms with Crippen LogP contribution in [0.5, 0.6) is 11.5 Å². The molecule has 0 unspecified atom stereocenters. The average molecular weight is 416 g/mol. The van der Waals surface area contributed by atoms with Gasteiger partial charge in [-0.2, -0.15) is 0 Å². The lowest BCUT2D eigenvalue weighted by atomic mass is 9.73. The first-order valence-electron chi connectivity index (χ1n) is 11.2. The summed E-state index contributed by atoms with van der Waals surface area (Å²) in [6.45, 7) is 11.9. The molecule has 0 spiro atoms. The van der Waals surface area contributed by atoms with Crippen LogP contribution >= 0.6 is 0 Å². The Morgan fingerprint density at radius 3 is 2.47 bits per heavy atom. The first-order valence-corrected chi connectivity index (χ1v) is 11.2. The van der Waals surface area contributed by atoms with Crippen LogP contribution in [0.4, 0.5) is 0 Å². The minimum atomic E-state index is -0.133. The van der Waals surface area contributed by atoms with E-state index in [1.807, 2.05) is 32.0 Å². The Bertz CT molecular complexity index is 792. The lowest BCUT2D eigenvalue weighted by molar-refractivity contribution is -0.117. The number of unbranched alkanes of at least 4 members (excludes halogenated alkanes) is 1. The molecular formula is C25H37NO4. The Labute approximate surface area is 181 Å². The second-order valence-electron chi connectivity index (χ2n) is 8.59. The van der Waals surface area contributed by atoms with Crippen molar-refractivity contribution in [2.24, 2.45) is 10.4 Å². The number of Topliss-reactive ketones (excluding diaryl/α,β-unsaturated/α-hetero) is 1. The Morgan fingerprint density at radius 1 is 1.10 bits per heavy atom. The highest BCUT2D eigenvalue weighted by Crippen LogP contribution is 2.36. The van der Waals surface area contributed by atoms with Gasteiger partial charge in [-0.15, -0.1) is 0 Å². The molecule has 1 saturated carbocycles. The average Bonchev–Trinajstić information content (AvgIpc) is 2.67. The molecule has 0 atom stereocenters. The molecule has 0 aromatic heterocycles. The molecule has 0 radical (unpaired) electrons. The van der Waals surface area contributed by atoms with Crippen LogP contribution in [0, 0.1) is 5.41 Å². The molecule has 0 aliphatic heterocycles. The molecule has 5 heteroatoms. The summed E-state index contributed by atoms with van der Waals surface area (Å²) in [6, 6.07) is 5.96. The summed E-state index contributed by atoms with van der Waals surface area (Å²) in [6.07, 6.45) is 4.27. The highest BCUT2D eigenvalue weighted by Gasteiger charge is 2.35. The molecule has 0 bridgehead atoms. The SMILES string of the molecule is CCCC/C(O)=C1\C(=O)CC(C)(C)CC1=NCCc1ccc(OCC)c(OCC)c1. The third kappa shape index (κ3) is 6.61. The number of aliphatic imine (C=N–C) groups is 1. The zero-order chi connectivity index (χ0) is 22.1. The van der Waals surface area contributed by atoms with Gasteiger partial charge in [-0.3, -0.25) is 9.79 Å². The third-order valence-electron chi connectivity index (χ3n) is 5.22. The van der Waals surface area contributed by atoms with E-state index in [0.717, 1.165) is 42.0 Å². The Kier molecular flexibility index (Phi) is 8.94. The molecule has 0 saturated heterocycles. The number of aliphatic hydroxyl groups excluding tert-OH is 1. The summed E-state index contributed by atoms with van der Waals surface area (Å²) in [5, 5.41) is 10.6. The van der Waals surface area contributed by atoms with Gasteiger partial charge in [0.25, 0.3) is 0 Å². The van der Waals surface area contributed by atoms with E-state index in [2.05, 4.69) is 20.8 Å². The number of hydrogen-bond acceptors (Lipinski definition) is 5. The standard InChI is InChI=1S/C25H37NO4/c1-6-9-10-20(27)24-19(16-25(4,5)17-21(24)28)26-14-13-18-11-12-22(29-7-2)23(15-18)30-8-3/h11-12,15,27H,6-10,13-14,16-17H2,1-5H3/b24-20+,26-19?. The number of allylic oxidation sites excluding steroid dienone is 2. The van der Waals surface area contributed by atoms with Crippen LogP contribution in [0.15, 0.2) is 34.5 Å². The van der Waals surface area contributed by atoms with Crippen LogP contribution in [0.25, 0.3) is 0 Å². The predicted octanol–water partition coefficient (Wildman–Crippen LogP) is 5.86. The highest BCUT2D eigenvalue weighted by molar-refractivity contribution is 6.24. The fraction of sp³-hybridized carbons (Fsp3) is 0.600.